The number of nitrogens with one attached hydrogen (secondary N) is 1. The van der Waals surface area contributed by atoms with E-state index in [4.69, 9.17) is 9.47 Å². The Bertz CT molecular complexity index is 129. The first-order chi connectivity index (χ1) is 7.77. The van der Waals surface area contributed by atoms with Gasteiger partial charge in [0.15, 0.2) is 0 Å². The van der Waals surface area contributed by atoms with Crippen LogP contribution >= 0.6 is 0 Å². The molecule has 3 nitrogen and oxygen atoms in total. The van der Waals surface area contributed by atoms with Gasteiger partial charge >= 0.3 is 0 Å². The van der Waals surface area contributed by atoms with E-state index >= 15 is 0 Å². The van der Waals surface area contributed by atoms with E-state index in [-0.39, 0.29) is 0 Å². The monoisotopic (exact) mass is 231 g/mol. The maximum absolute atomic E-state index is 5.50. The van der Waals surface area contributed by atoms with E-state index in [9.17, 15) is 0 Å². The zero-order chi connectivity index (χ0) is 12.1. The van der Waals surface area contributed by atoms with Gasteiger partial charge in [-0.15, -0.1) is 0 Å². The van der Waals surface area contributed by atoms with Crippen molar-refractivity contribution >= 4 is 0 Å². The summed E-state index contributed by atoms with van der Waals surface area (Å²) in [6.07, 6.45) is 4.48. The average Bonchev–Trinajstić information content (AvgIpc) is 2.25. The third kappa shape index (κ3) is 13.9. The fourth-order valence-electron chi connectivity index (χ4n) is 1.28. The highest BCUT2D eigenvalue weighted by Gasteiger charge is 1.93. The second kappa shape index (κ2) is 12.9. The number of hydrogen-bond donors (Lipinski definition) is 1. The fraction of sp³-hybridized carbons (Fsp3) is 1.00. The largest absolute Gasteiger partial charge is 0.381 e. The predicted molar refractivity (Wildman–Crippen MR) is 68.9 cm³/mol. The van der Waals surface area contributed by atoms with E-state index in [1.54, 1.807) is 0 Å². The molecule has 0 bridgehead atoms. The quantitative estimate of drug-likeness (QED) is 0.524. The molecule has 0 saturated heterocycles. The number of ether oxygens (including phenoxy) is 2. The highest BCUT2D eigenvalue weighted by molar-refractivity contribution is 4.51. The van der Waals surface area contributed by atoms with Crippen molar-refractivity contribution < 1.29 is 9.47 Å². The second-order valence-electron chi connectivity index (χ2n) is 4.39. The van der Waals surface area contributed by atoms with Gasteiger partial charge in [-0.05, 0) is 25.8 Å². The number of rotatable bonds is 12. The summed E-state index contributed by atoms with van der Waals surface area (Å²) >= 11 is 0. The van der Waals surface area contributed by atoms with E-state index in [0.717, 1.165) is 45.8 Å². The Hall–Kier alpha value is -0.120. The van der Waals surface area contributed by atoms with Crippen LogP contribution in [0.5, 0.6) is 0 Å². The maximum atomic E-state index is 5.50. The minimum atomic E-state index is 0.576. The lowest BCUT2D eigenvalue weighted by atomic mass is 10.3. The summed E-state index contributed by atoms with van der Waals surface area (Å²) in [5.41, 5.74) is 0. The highest BCUT2D eigenvalue weighted by atomic mass is 16.5. The molecule has 0 heterocycles. The normalized spacial score (nSPS) is 11.2. The molecule has 0 fully saturated rings. The van der Waals surface area contributed by atoms with Gasteiger partial charge < -0.3 is 14.8 Å². The van der Waals surface area contributed by atoms with Crippen molar-refractivity contribution in [1.29, 1.82) is 0 Å². The Morgan fingerprint density at radius 3 is 2.00 bits per heavy atom. The van der Waals surface area contributed by atoms with Gasteiger partial charge in [0.05, 0.1) is 0 Å². The predicted octanol–water partition coefficient (Wildman–Crippen LogP) is 2.60. The Kier molecular flexibility index (Phi) is 12.9. The molecule has 0 saturated carbocycles. The topological polar surface area (TPSA) is 30.5 Å². The van der Waals surface area contributed by atoms with E-state index in [0.29, 0.717) is 6.04 Å². The molecular weight excluding hydrogens is 202 g/mol. The van der Waals surface area contributed by atoms with Crippen molar-refractivity contribution in [3.05, 3.63) is 0 Å². The highest BCUT2D eigenvalue weighted by Crippen LogP contribution is 1.91. The van der Waals surface area contributed by atoms with E-state index in [1.165, 1.54) is 12.8 Å². The smallest absolute Gasteiger partial charge is 0.0487 e. The van der Waals surface area contributed by atoms with E-state index in [1.807, 2.05) is 0 Å². The first-order valence-corrected chi connectivity index (χ1v) is 6.66. The van der Waals surface area contributed by atoms with Crippen molar-refractivity contribution in [2.75, 3.05) is 33.0 Å². The van der Waals surface area contributed by atoms with Crippen LogP contribution in [0, 0.1) is 0 Å². The number of hydrogen-bond acceptors (Lipinski definition) is 3. The Balaban J connectivity index is 2.88. The lowest BCUT2D eigenvalue weighted by Crippen LogP contribution is -2.24. The minimum absolute atomic E-state index is 0.576. The summed E-state index contributed by atoms with van der Waals surface area (Å²) < 4.78 is 10.9. The lowest BCUT2D eigenvalue weighted by molar-refractivity contribution is 0.0806. The van der Waals surface area contributed by atoms with Crippen LogP contribution in [-0.4, -0.2) is 39.0 Å². The van der Waals surface area contributed by atoms with Gasteiger partial charge in [-0.3, -0.25) is 0 Å². The molecule has 0 aromatic heterocycles. The molecule has 0 aliphatic carbocycles. The molecule has 0 aliphatic rings. The summed E-state index contributed by atoms with van der Waals surface area (Å²) in [6.45, 7) is 11.0. The minimum Gasteiger partial charge on any atom is -0.381 e. The van der Waals surface area contributed by atoms with Crippen molar-refractivity contribution in [3.63, 3.8) is 0 Å². The summed E-state index contributed by atoms with van der Waals surface area (Å²) in [7, 11) is 0. The molecule has 0 spiro atoms. The first kappa shape index (κ1) is 15.9. The first-order valence-electron chi connectivity index (χ1n) is 6.66. The van der Waals surface area contributed by atoms with Crippen LogP contribution in [0.15, 0.2) is 0 Å². The van der Waals surface area contributed by atoms with Crippen LogP contribution in [0.2, 0.25) is 0 Å². The molecule has 1 N–H and O–H groups in total. The van der Waals surface area contributed by atoms with Crippen molar-refractivity contribution in [1.82, 2.24) is 5.32 Å². The molecule has 0 unspecified atom stereocenters. The van der Waals surface area contributed by atoms with Crippen LogP contribution in [-0.2, 0) is 9.47 Å². The zero-order valence-electron chi connectivity index (χ0n) is 11.3. The van der Waals surface area contributed by atoms with Gasteiger partial charge in [-0.25, -0.2) is 0 Å². The molecule has 16 heavy (non-hydrogen) atoms. The third-order valence-corrected chi connectivity index (χ3v) is 2.24. The molecule has 0 radical (unpaired) electrons. The molecule has 0 aromatic carbocycles. The fourth-order valence-corrected chi connectivity index (χ4v) is 1.28. The van der Waals surface area contributed by atoms with E-state index < -0.39 is 0 Å². The Morgan fingerprint density at radius 1 is 0.875 bits per heavy atom. The van der Waals surface area contributed by atoms with Crippen molar-refractivity contribution in [2.24, 2.45) is 0 Å². The maximum Gasteiger partial charge on any atom is 0.0487 e. The van der Waals surface area contributed by atoms with Gasteiger partial charge in [-0.2, -0.15) is 0 Å². The molecule has 3 heteroatoms. The number of unbranched alkanes of at least 4 members (excludes halogenated alkanes) is 1. The van der Waals surface area contributed by atoms with Gasteiger partial charge in [0.25, 0.3) is 0 Å². The van der Waals surface area contributed by atoms with Gasteiger partial charge in [0, 0.05) is 32.5 Å². The Morgan fingerprint density at radius 2 is 1.44 bits per heavy atom. The molecule has 0 aromatic rings. The lowest BCUT2D eigenvalue weighted by Gasteiger charge is -2.08. The summed E-state index contributed by atoms with van der Waals surface area (Å²) in [5, 5.41) is 3.37. The molecule has 0 amide bonds. The average molecular weight is 231 g/mol. The van der Waals surface area contributed by atoms with Crippen LogP contribution in [0.25, 0.3) is 0 Å². The van der Waals surface area contributed by atoms with Gasteiger partial charge in [-0.1, -0.05) is 27.2 Å². The van der Waals surface area contributed by atoms with Crippen LogP contribution < -0.4 is 5.32 Å². The second-order valence-corrected chi connectivity index (χ2v) is 4.39. The van der Waals surface area contributed by atoms with Crippen LogP contribution in [0.3, 0.4) is 0 Å². The standard InChI is InChI=1S/C13H29NO2/c1-4-5-9-15-11-7-12-16-10-6-8-14-13(2)3/h13-14H,4-12H2,1-3H3. The molecule has 0 atom stereocenters. The molecule has 0 aliphatic heterocycles. The molecule has 0 rings (SSSR count). The summed E-state index contributed by atoms with van der Waals surface area (Å²) in [5.74, 6) is 0. The molecule has 98 valence electrons. The van der Waals surface area contributed by atoms with Crippen LogP contribution in [0.4, 0.5) is 0 Å². The van der Waals surface area contributed by atoms with Crippen molar-refractivity contribution in [3.8, 4) is 0 Å². The summed E-state index contributed by atoms with van der Waals surface area (Å²) in [6, 6.07) is 0.576. The van der Waals surface area contributed by atoms with Crippen molar-refractivity contribution in [2.45, 2.75) is 52.5 Å². The Labute approximate surface area is 101 Å². The summed E-state index contributed by atoms with van der Waals surface area (Å²) in [4.78, 5) is 0. The van der Waals surface area contributed by atoms with Gasteiger partial charge in [0.1, 0.15) is 0 Å². The SMILES string of the molecule is CCCCOCCCOCCCNC(C)C. The van der Waals surface area contributed by atoms with Crippen LogP contribution in [0.1, 0.15) is 46.5 Å². The van der Waals surface area contributed by atoms with Gasteiger partial charge in [0.2, 0.25) is 0 Å². The molecular formula is C13H29NO2. The van der Waals surface area contributed by atoms with E-state index in [2.05, 4.69) is 26.1 Å². The third-order valence-electron chi connectivity index (χ3n) is 2.24. The zero-order valence-corrected chi connectivity index (χ0v) is 11.3.